The minimum Gasteiger partial charge on any atom is -0.493 e. The van der Waals surface area contributed by atoms with Gasteiger partial charge in [0.2, 0.25) is 5.91 Å². The second-order valence-electron chi connectivity index (χ2n) is 6.43. The summed E-state index contributed by atoms with van der Waals surface area (Å²) < 4.78 is 7.65. The number of hydrogen-bond acceptors (Lipinski definition) is 5. The van der Waals surface area contributed by atoms with E-state index >= 15 is 0 Å². The summed E-state index contributed by atoms with van der Waals surface area (Å²) >= 11 is 7.34. The van der Waals surface area contributed by atoms with Gasteiger partial charge >= 0.3 is 0 Å². The highest BCUT2D eigenvalue weighted by molar-refractivity contribution is 7.99. The second kappa shape index (κ2) is 10.3. The van der Waals surface area contributed by atoms with Crippen molar-refractivity contribution >= 4 is 35.0 Å². The molecule has 0 fully saturated rings. The highest BCUT2D eigenvalue weighted by Gasteiger charge is 2.18. The molecule has 0 unspecified atom stereocenters. The lowest BCUT2D eigenvalue weighted by atomic mass is 10.2. The van der Waals surface area contributed by atoms with Crippen LogP contribution in [0.15, 0.2) is 60.3 Å². The fraction of sp³-hybridized carbons (Fsp3) is 0.227. The zero-order valence-corrected chi connectivity index (χ0v) is 18.5. The van der Waals surface area contributed by atoms with Crippen LogP contribution < -0.4 is 10.1 Å². The Bertz CT molecular complexity index is 1050. The molecule has 1 amide bonds. The van der Waals surface area contributed by atoms with Crippen LogP contribution in [0.1, 0.15) is 12.5 Å². The molecule has 1 heterocycles. The van der Waals surface area contributed by atoms with Gasteiger partial charge in [0.05, 0.1) is 17.9 Å². The number of nitrogens with one attached hydrogen (secondary N) is 1. The Balaban J connectivity index is 1.78. The maximum atomic E-state index is 12.5. The molecule has 3 aromatic rings. The molecule has 3 rings (SSSR count). The molecule has 2 aromatic carbocycles. The van der Waals surface area contributed by atoms with Crippen LogP contribution in [-0.2, 0) is 11.3 Å². The first-order valence-corrected chi connectivity index (χ1v) is 10.8. The van der Waals surface area contributed by atoms with E-state index in [1.807, 2.05) is 48.7 Å². The summed E-state index contributed by atoms with van der Waals surface area (Å²) in [6.07, 6.45) is 1.77. The summed E-state index contributed by atoms with van der Waals surface area (Å²) in [5.41, 5.74) is 2.49. The number of carbonyl (C=O) groups is 1. The van der Waals surface area contributed by atoms with Crippen LogP contribution in [0.4, 0.5) is 5.69 Å². The van der Waals surface area contributed by atoms with E-state index in [0.29, 0.717) is 34.8 Å². The lowest BCUT2D eigenvalue weighted by Gasteiger charge is -2.12. The van der Waals surface area contributed by atoms with Gasteiger partial charge in [0, 0.05) is 17.3 Å². The topological polar surface area (TPSA) is 69.0 Å². The molecule has 0 aliphatic rings. The van der Waals surface area contributed by atoms with Gasteiger partial charge in [0.25, 0.3) is 0 Å². The molecule has 30 heavy (non-hydrogen) atoms. The van der Waals surface area contributed by atoms with E-state index in [0.717, 1.165) is 16.9 Å². The van der Waals surface area contributed by atoms with E-state index in [1.54, 1.807) is 18.2 Å². The number of nitrogens with zero attached hydrogens (tertiary/aromatic N) is 3. The summed E-state index contributed by atoms with van der Waals surface area (Å²) in [5.74, 6) is 1.46. The van der Waals surface area contributed by atoms with Crippen molar-refractivity contribution in [2.45, 2.75) is 25.5 Å². The van der Waals surface area contributed by atoms with E-state index in [1.165, 1.54) is 11.8 Å². The average molecular weight is 443 g/mol. The minimum atomic E-state index is -0.144. The van der Waals surface area contributed by atoms with Crippen molar-refractivity contribution in [1.29, 1.82) is 0 Å². The Morgan fingerprint density at radius 3 is 2.87 bits per heavy atom. The number of allylic oxidation sites excluding steroid dienone is 1. The number of ether oxygens (including phenoxy) is 1. The first-order chi connectivity index (χ1) is 14.5. The van der Waals surface area contributed by atoms with Gasteiger partial charge in [-0.3, -0.25) is 9.36 Å². The maximum absolute atomic E-state index is 12.5. The smallest absolute Gasteiger partial charge is 0.234 e. The molecule has 0 spiro atoms. The van der Waals surface area contributed by atoms with E-state index in [9.17, 15) is 4.79 Å². The van der Waals surface area contributed by atoms with Gasteiger partial charge in [-0.05, 0) is 43.7 Å². The molecule has 1 N–H and O–H groups in total. The summed E-state index contributed by atoms with van der Waals surface area (Å²) in [5, 5.41) is 12.7. The van der Waals surface area contributed by atoms with Crippen molar-refractivity contribution < 1.29 is 9.53 Å². The fourth-order valence-corrected chi connectivity index (χ4v) is 3.79. The summed E-state index contributed by atoms with van der Waals surface area (Å²) in [7, 11) is 0. The average Bonchev–Trinajstić information content (AvgIpc) is 3.12. The molecular weight excluding hydrogens is 420 g/mol. The molecule has 0 radical (unpaired) electrons. The Morgan fingerprint density at radius 2 is 2.10 bits per heavy atom. The molecule has 0 saturated heterocycles. The highest BCUT2D eigenvalue weighted by atomic mass is 35.5. The van der Waals surface area contributed by atoms with Crippen LogP contribution in [0.5, 0.6) is 5.75 Å². The Morgan fingerprint density at radius 1 is 1.30 bits per heavy atom. The first-order valence-electron chi connectivity index (χ1n) is 9.48. The highest BCUT2D eigenvalue weighted by Crippen LogP contribution is 2.31. The number of anilines is 1. The van der Waals surface area contributed by atoms with Crippen molar-refractivity contribution in [3.63, 3.8) is 0 Å². The molecule has 0 bridgehead atoms. The van der Waals surface area contributed by atoms with Crippen molar-refractivity contribution in [3.05, 3.63) is 65.7 Å². The zero-order valence-electron chi connectivity index (χ0n) is 16.9. The van der Waals surface area contributed by atoms with Gasteiger partial charge in [0.15, 0.2) is 11.0 Å². The van der Waals surface area contributed by atoms with Crippen molar-refractivity contribution in [2.75, 3.05) is 17.7 Å². The Kier molecular flexibility index (Phi) is 7.54. The number of carbonyl (C=O) groups excluding carboxylic acids is 1. The van der Waals surface area contributed by atoms with Gasteiger partial charge < -0.3 is 10.1 Å². The second-order valence-corrected chi connectivity index (χ2v) is 7.81. The number of aromatic nitrogens is 3. The zero-order chi connectivity index (χ0) is 21.5. The van der Waals surface area contributed by atoms with Crippen molar-refractivity contribution in [3.8, 4) is 17.1 Å². The predicted octanol–water partition coefficient (Wildman–Crippen LogP) is 5.22. The quantitative estimate of drug-likeness (QED) is 0.363. The molecule has 6 nitrogen and oxygen atoms in total. The van der Waals surface area contributed by atoms with Crippen LogP contribution in [0.3, 0.4) is 0 Å². The van der Waals surface area contributed by atoms with Gasteiger partial charge in [-0.2, -0.15) is 0 Å². The number of aryl methyl sites for hydroxylation is 1. The number of hydrogen-bond donors (Lipinski definition) is 1. The normalized spacial score (nSPS) is 10.6. The van der Waals surface area contributed by atoms with Crippen LogP contribution in [-0.4, -0.2) is 33.0 Å². The standard InChI is InChI=1S/C22H23ClN4O2S/c1-4-12-27-21(17-8-6-7-9-19(17)29-5-2)25-26-22(27)30-14-20(28)24-18-13-16(23)11-10-15(18)3/h4,6-11,13H,1,5,12,14H2,2-3H3,(H,24,28). The number of benzene rings is 2. The third-order valence-electron chi connectivity index (χ3n) is 4.26. The van der Waals surface area contributed by atoms with E-state index in [2.05, 4.69) is 22.1 Å². The predicted molar refractivity (Wildman–Crippen MR) is 122 cm³/mol. The Labute approximate surface area is 185 Å². The van der Waals surface area contributed by atoms with Gasteiger partial charge in [-0.25, -0.2) is 0 Å². The number of amides is 1. The van der Waals surface area contributed by atoms with E-state index < -0.39 is 0 Å². The molecule has 0 saturated carbocycles. The van der Waals surface area contributed by atoms with Crippen molar-refractivity contribution in [1.82, 2.24) is 14.8 Å². The summed E-state index contributed by atoms with van der Waals surface area (Å²) in [4.78, 5) is 12.5. The van der Waals surface area contributed by atoms with Crippen LogP contribution >= 0.6 is 23.4 Å². The molecule has 0 aliphatic carbocycles. The summed E-state index contributed by atoms with van der Waals surface area (Å²) in [6, 6.07) is 13.1. The number of halogens is 1. The molecule has 0 atom stereocenters. The van der Waals surface area contributed by atoms with Crippen LogP contribution in [0, 0.1) is 6.92 Å². The molecule has 156 valence electrons. The number of para-hydroxylation sites is 1. The molecule has 0 aliphatic heterocycles. The Hall–Kier alpha value is -2.77. The molecular formula is C22H23ClN4O2S. The lowest BCUT2D eigenvalue weighted by molar-refractivity contribution is -0.113. The van der Waals surface area contributed by atoms with E-state index in [4.69, 9.17) is 16.3 Å². The third-order valence-corrected chi connectivity index (χ3v) is 5.46. The first kappa shape index (κ1) is 21.9. The molecule has 8 heteroatoms. The lowest BCUT2D eigenvalue weighted by Crippen LogP contribution is -2.15. The maximum Gasteiger partial charge on any atom is 0.234 e. The fourth-order valence-electron chi connectivity index (χ4n) is 2.87. The largest absolute Gasteiger partial charge is 0.493 e. The minimum absolute atomic E-state index is 0.144. The van der Waals surface area contributed by atoms with Gasteiger partial charge in [0.1, 0.15) is 5.75 Å². The number of thioether (sulfide) groups is 1. The molecule has 1 aromatic heterocycles. The number of rotatable bonds is 9. The monoisotopic (exact) mass is 442 g/mol. The van der Waals surface area contributed by atoms with Crippen LogP contribution in [0.25, 0.3) is 11.4 Å². The van der Waals surface area contributed by atoms with Gasteiger partial charge in [-0.1, -0.05) is 47.6 Å². The van der Waals surface area contributed by atoms with Crippen molar-refractivity contribution in [2.24, 2.45) is 0 Å². The summed E-state index contributed by atoms with van der Waals surface area (Å²) in [6.45, 7) is 8.75. The third kappa shape index (κ3) is 5.23. The van der Waals surface area contributed by atoms with Crippen LogP contribution in [0.2, 0.25) is 5.02 Å². The van der Waals surface area contributed by atoms with E-state index in [-0.39, 0.29) is 11.7 Å². The SMILES string of the molecule is C=CCn1c(SCC(=O)Nc2cc(Cl)ccc2C)nnc1-c1ccccc1OCC. The van der Waals surface area contributed by atoms with Gasteiger partial charge in [-0.15, -0.1) is 16.8 Å².